The molecule has 0 saturated heterocycles. The molecule has 0 aliphatic rings. The third-order valence-electron chi connectivity index (χ3n) is 4.30. The van der Waals surface area contributed by atoms with Gasteiger partial charge in [-0.2, -0.15) is 0 Å². The number of ether oxygens (including phenoxy) is 1. The summed E-state index contributed by atoms with van der Waals surface area (Å²) in [7, 11) is 1.22. The smallest absolute Gasteiger partial charge is 0.333 e. The molecule has 136 valence electrons. The zero-order valence-electron chi connectivity index (χ0n) is 15.2. The maximum Gasteiger partial charge on any atom is 0.333 e. The van der Waals surface area contributed by atoms with Crippen molar-refractivity contribution < 1.29 is 23.6 Å². The molecule has 0 amide bonds. The molecule has 0 saturated carbocycles. The van der Waals surface area contributed by atoms with Gasteiger partial charge in [0.2, 0.25) is 0 Å². The van der Waals surface area contributed by atoms with Gasteiger partial charge in [-0.15, -0.1) is 0 Å². The van der Waals surface area contributed by atoms with Gasteiger partial charge in [-0.05, 0) is 20.8 Å². The highest BCUT2D eigenvalue weighted by Gasteiger charge is 2.39. The maximum atomic E-state index is 12.2. The van der Waals surface area contributed by atoms with E-state index in [1.807, 2.05) is 30.3 Å². The number of benzene rings is 1. The minimum Gasteiger partial charge on any atom is -0.466 e. The number of aryl methyl sites for hydroxylation is 1. The molecule has 0 spiro atoms. The van der Waals surface area contributed by atoms with Crippen LogP contribution in [-0.4, -0.2) is 29.8 Å². The molecule has 0 fully saturated rings. The predicted octanol–water partition coefficient (Wildman–Crippen LogP) is 3.26. The average molecular weight is 355 g/mol. The number of esters is 1. The van der Waals surface area contributed by atoms with Crippen molar-refractivity contribution in [2.45, 2.75) is 26.7 Å². The first-order valence-electron chi connectivity index (χ1n) is 8.09. The van der Waals surface area contributed by atoms with E-state index in [4.69, 9.17) is 9.26 Å². The van der Waals surface area contributed by atoms with Crippen LogP contribution < -0.4 is 0 Å². The number of carbonyl (C=O) groups excluding carboxylic acids is 3. The first-order chi connectivity index (χ1) is 12.3. The Morgan fingerprint density at radius 2 is 1.69 bits per heavy atom. The summed E-state index contributed by atoms with van der Waals surface area (Å²) >= 11 is 0. The molecule has 2 aromatic rings. The van der Waals surface area contributed by atoms with E-state index in [0.717, 1.165) is 5.56 Å². The van der Waals surface area contributed by atoms with Gasteiger partial charge >= 0.3 is 5.97 Å². The maximum absolute atomic E-state index is 12.2. The molecule has 2 rings (SSSR count). The molecule has 0 radical (unpaired) electrons. The average Bonchev–Trinajstić information content (AvgIpc) is 2.99. The van der Waals surface area contributed by atoms with Crippen molar-refractivity contribution in [1.82, 2.24) is 5.16 Å². The Kier molecular flexibility index (Phi) is 5.87. The van der Waals surface area contributed by atoms with Gasteiger partial charge in [0.1, 0.15) is 23.0 Å². The lowest BCUT2D eigenvalue weighted by atomic mass is 9.75. The van der Waals surface area contributed by atoms with Crippen molar-refractivity contribution in [2.24, 2.45) is 5.92 Å². The highest BCUT2D eigenvalue weighted by Crippen LogP contribution is 2.40. The second kappa shape index (κ2) is 7.91. The lowest BCUT2D eigenvalue weighted by molar-refractivity contribution is -0.136. The van der Waals surface area contributed by atoms with Crippen LogP contribution in [0.5, 0.6) is 0 Å². The molecule has 6 heteroatoms. The predicted molar refractivity (Wildman–Crippen MR) is 95.4 cm³/mol. The molecule has 26 heavy (non-hydrogen) atoms. The normalized spacial score (nSPS) is 11.9. The lowest BCUT2D eigenvalue weighted by Gasteiger charge is -2.24. The minimum atomic E-state index is -1.08. The van der Waals surface area contributed by atoms with Crippen molar-refractivity contribution in [2.75, 3.05) is 7.11 Å². The zero-order valence-corrected chi connectivity index (χ0v) is 15.2. The van der Waals surface area contributed by atoms with Crippen LogP contribution in [0.4, 0.5) is 0 Å². The quantitative estimate of drug-likeness (QED) is 0.430. The molecule has 1 aromatic heterocycles. The van der Waals surface area contributed by atoms with Crippen molar-refractivity contribution in [3.8, 4) is 11.3 Å². The van der Waals surface area contributed by atoms with Crippen LogP contribution in [0.2, 0.25) is 0 Å². The number of aromatic nitrogens is 1. The molecule has 0 aliphatic carbocycles. The minimum absolute atomic E-state index is 0.00591. The fourth-order valence-corrected chi connectivity index (χ4v) is 3.11. The van der Waals surface area contributed by atoms with Gasteiger partial charge in [-0.3, -0.25) is 9.59 Å². The Morgan fingerprint density at radius 1 is 1.12 bits per heavy atom. The molecule has 0 aliphatic heterocycles. The molecular formula is C20H21NO5. The Balaban J connectivity index is 2.73. The van der Waals surface area contributed by atoms with E-state index in [-0.39, 0.29) is 17.1 Å². The van der Waals surface area contributed by atoms with Crippen LogP contribution >= 0.6 is 0 Å². The second-order valence-electron chi connectivity index (χ2n) is 6.06. The molecule has 1 unspecified atom stereocenters. The van der Waals surface area contributed by atoms with Crippen molar-refractivity contribution in [3.63, 3.8) is 0 Å². The Hall–Kier alpha value is -3.02. The molecular weight excluding hydrogens is 334 g/mol. The fourth-order valence-electron chi connectivity index (χ4n) is 3.11. The van der Waals surface area contributed by atoms with Crippen LogP contribution in [0.15, 0.2) is 47.0 Å². The van der Waals surface area contributed by atoms with Crippen molar-refractivity contribution in [1.29, 1.82) is 0 Å². The highest BCUT2D eigenvalue weighted by atomic mass is 16.5. The first kappa shape index (κ1) is 19.3. The van der Waals surface area contributed by atoms with Crippen LogP contribution in [0.3, 0.4) is 0 Å². The third-order valence-corrected chi connectivity index (χ3v) is 4.30. The van der Waals surface area contributed by atoms with Crippen molar-refractivity contribution in [3.05, 3.63) is 53.8 Å². The monoisotopic (exact) mass is 355 g/mol. The van der Waals surface area contributed by atoms with Crippen molar-refractivity contribution >= 4 is 17.5 Å². The zero-order chi connectivity index (χ0) is 19.4. The number of rotatable bonds is 7. The Morgan fingerprint density at radius 3 is 2.19 bits per heavy atom. The molecule has 0 bridgehead atoms. The van der Waals surface area contributed by atoms with E-state index < -0.39 is 17.8 Å². The highest BCUT2D eigenvalue weighted by molar-refractivity contribution is 6.04. The summed E-state index contributed by atoms with van der Waals surface area (Å²) in [6, 6.07) is 9.18. The summed E-state index contributed by atoms with van der Waals surface area (Å²) < 4.78 is 10.1. The topological polar surface area (TPSA) is 86.5 Å². The lowest BCUT2D eigenvalue weighted by Crippen LogP contribution is -2.31. The van der Waals surface area contributed by atoms with E-state index in [2.05, 4.69) is 11.7 Å². The molecule has 1 atom stereocenters. The Bertz CT molecular complexity index is 836. The summed E-state index contributed by atoms with van der Waals surface area (Å²) in [4.78, 5) is 36.6. The number of Topliss-reactive ketones (excluding diaryl/α,β-unsaturated/α-hetero) is 2. The summed E-state index contributed by atoms with van der Waals surface area (Å²) in [6.45, 7) is 8.09. The van der Waals surface area contributed by atoms with Gasteiger partial charge in [-0.1, -0.05) is 42.1 Å². The van der Waals surface area contributed by atoms with Gasteiger partial charge in [-0.25, -0.2) is 4.79 Å². The van der Waals surface area contributed by atoms with E-state index >= 15 is 0 Å². The number of hydrogen-bond donors (Lipinski definition) is 0. The number of methoxy groups -OCH3 is 1. The molecule has 1 aromatic carbocycles. The SMILES string of the molecule is C=C(C(=O)OC)C(c1c(-c2ccccc2)noc1C)C(C(C)=O)C(C)=O. The first-order valence-corrected chi connectivity index (χ1v) is 8.09. The Labute approximate surface area is 151 Å². The van der Waals surface area contributed by atoms with Gasteiger partial charge < -0.3 is 9.26 Å². The summed E-state index contributed by atoms with van der Waals surface area (Å²) in [5.41, 5.74) is 1.70. The molecule has 1 heterocycles. The van der Waals surface area contributed by atoms with E-state index in [1.165, 1.54) is 21.0 Å². The summed E-state index contributed by atoms with van der Waals surface area (Å²) in [5.74, 6) is -3.02. The molecule has 0 N–H and O–H groups in total. The van der Waals surface area contributed by atoms with Crippen LogP contribution in [-0.2, 0) is 19.1 Å². The van der Waals surface area contributed by atoms with Gasteiger partial charge in [0.25, 0.3) is 0 Å². The molecule has 6 nitrogen and oxygen atoms in total. The van der Waals surface area contributed by atoms with Crippen LogP contribution in [0.1, 0.15) is 31.1 Å². The largest absolute Gasteiger partial charge is 0.466 e. The number of nitrogens with zero attached hydrogens (tertiary/aromatic N) is 1. The van der Waals surface area contributed by atoms with Crippen LogP contribution in [0, 0.1) is 12.8 Å². The summed E-state index contributed by atoms with van der Waals surface area (Å²) in [5, 5.41) is 4.08. The fraction of sp³-hybridized carbons (Fsp3) is 0.300. The number of ketones is 2. The van der Waals surface area contributed by atoms with Gasteiger partial charge in [0.05, 0.1) is 13.0 Å². The second-order valence-corrected chi connectivity index (χ2v) is 6.06. The third kappa shape index (κ3) is 3.64. The van der Waals surface area contributed by atoms with Crippen LogP contribution in [0.25, 0.3) is 11.3 Å². The van der Waals surface area contributed by atoms with E-state index in [9.17, 15) is 14.4 Å². The van der Waals surface area contributed by atoms with E-state index in [0.29, 0.717) is 17.0 Å². The van der Waals surface area contributed by atoms with Gasteiger partial charge in [0.15, 0.2) is 0 Å². The standard InChI is InChI=1S/C20H21NO5/c1-11(20(24)25-5)16(17(12(2)22)13(3)23)18-14(4)26-21-19(18)15-9-7-6-8-10-15/h6-10,16-17H,1H2,2-5H3. The number of carbonyl (C=O) groups is 3. The van der Waals surface area contributed by atoms with E-state index in [1.54, 1.807) is 6.92 Å². The summed E-state index contributed by atoms with van der Waals surface area (Å²) in [6.07, 6.45) is 0. The van der Waals surface area contributed by atoms with Gasteiger partial charge in [0, 0.05) is 22.6 Å². The number of hydrogen-bond acceptors (Lipinski definition) is 6.